The van der Waals surface area contributed by atoms with E-state index in [0.29, 0.717) is 31.8 Å². The molecule has 5 heteroatoms. The van der Waals surface area contributed by atoms with Gasteiger partial charge in [0.15, 0.2) is 0 Å². The molecule has 0 fully saturated rings. The highest BCUT2D eigenvalue weighted by atomic mass is 16.5. The molecule has 0 aliphatic heterocycles. The summed E-state index contributed by atoms with van der Waals surface area (Å²) in [5.74, 6) is -0.0386. The van der Waals surface area contributed by atoms with Crippen LogP contribution in [0.15, 0.2) is 55.1 Å². The van der Waals surface area contributed by atoms with E-state index in [-0.39, 0.29) is 0 Å². The molecule has 0 bridgehead atoms. The number of aromatic carboxylic acids is 1. The van der Waals surface area contributed by atoms with Gasteiger partial charge in [-0.2, -0.15) is 0 Å². The number of ether oxygens (including phenoxy) is 1. The topological polar surface area (TPSA) is 63.5 Å². The zero-order chi connectivity index (χ0) is 22.4. The Bertz CT molecular complexity index is 1050. The summed E-state index contributed by atoms with van der Waals surface area (Å²) in [6.45, 7) is 12.0. The van der Waals surface area contributed by atoms with Crippen LogP contribution < -0.4 is 10.1 Å². The number of aromatic nitrogens is 1. The van der Waals surface area contributed by atoms with E-state index in [0.717, 1.165) is 39.4 Å². The quantitative estimate of drug-likeness (QED) is 0.476. The standard InChI is InChI=1S/C26H30N2O3/c1-5-20-7-9-22(10-8-20)17-28-18(3)24(25(19(28)4)26(29)30)16-27-15-21-11-13-23(14-12-21)31-6-2/h5,7-14,27H,1,6,15-17H2,2-4H3,(H,29,30). The van der Waals surface area contributed by atoms with Gasteiger partial charge in [0.25, 0.3) is 0 Å². The van der Waals surface area contributed by atoms with E-state index < -0.39 is 5.97 Å². The smallest absolute Gasteiger partial charge is 0.337 e. The van der Waals surface area contributed by atoms with Crippen LogP contribution in [0.3, 0.4) is 0 Å². The van der Waals surface area contributed by atoms with Gasteiger partial charge in [-0.05, 0) is 49.6 Å². The lowest BCUT2D eigenvalue weighted by Gasteiger charge is -2.11. The fraction of sp³-hybridized carbons (Fsp3) is 0.269. The van der Waals surface area contributed by atoms with E-state index in [2.05, 4.69) is 28.6 Å². The molecular weight excluding hydrogens is 388 g/mol. The lowest BCUT2D eigenvalue weighted by atomic mass is 10.1. The molecular formula is C26H30N2O3. The molecule has 3 rings (SSSR count). The Kier molecular flexibility index (Phi) is 7.32. The summed E-state index contributed by atoms with van der Waals surface area (Å²) >= 11 is 0. The first kappa shape index (κ1) is 22.4. The predicted molar refractivity (Wildman–Crippen MR) is 125 cm³/mol. The molecule has 0 unspecified atom stereocenters. The first-order valence-corrected chi connectivity index (χ1v) is 10.5. The maximum absolute atomic E-state index is 12.0. The fourth-order valence-corrected chi connectivity index (χ4v) is 3.83. The number of benzene rings is 2. The number of carbonyl (C=O) groups is 1. The highest BCUT2D eigenvalue weighted by Gasteiger charge is 2.22. The van der Waals surface area contributed by atoms with Gasteiger partial charge in [0.1, 0.15) is 5.75 Å². The molecule has 0 saturated carbocycles. The first-order valence-electron chi connectivity index (χ1n) is 10.5. The summed E-state index contributed by atoms with van der Waals surface area (Å²) in [7, 11) is 0. The third-order valence-electron chi connectivity index (χ3n) is 5.55. The molecule has 0 spiro atoms. The molecule has 0 aliphatic rings. The highest BCUT2D eigenvalue weighted by Crippen LogP contribution is 2.24. The van der Waals surface area contributed by atoms with Crippen molar-refractivity contribution in [1.82, 2.24) is 9.88 Å². The van der Waals surface area contributed by atoms with Crippen LogP contribution in [0.4, 0.5) is 0 Å². The number of rotatable bonds is 10. The Labute approximate surface area is 184 Å². The van der Waals surface area contributed by atoms with Crippen LogP contribution in [0.25, 0.3) is 6.08 Å². The van der Waals surface area contributed by atoms with E-state index in [9.17, 15) is 9.90 Å². The van der Waals surface area contributed by atoms with Crippen molar-refractivity contribution in [2.75, 3.05) is 6.61 Å². The molecule has 0 atom stereocenters. The Balaban J connectivity index is 1.76. The van der Waals surface area contributed by atoms with Crippen molar-refractivity contribution < 1.29 is 14.6 Å². The highest BCUT2D eigenvalue weighted by molar-refractivity contribution is 5.91. The van der Waals surface area contributed by atoms with Crippen molar-refractivity contribution in [2.45, 2.75) is 40.4 Å². The monoisotopic (exact) mass is 418 g/mol. The van der Waals surface area contributed by atoms with E-state index in [4.69, 9.17) is 4.74 Å². The molecule has 5 nitrogen and oxygen atoms in total. The van der Waals surface area contributed by atoms with Gasteiger partial charge in [-0.3, -0.25) is 0 Å². The number of hydrogen-bond donors (Lipinski definition) is 2. The molecule has 3 aromatic rings. The SMILES string of the molecule is C=Cc1ccc(Cn2c(C)c(CNCc3ccc(OCC)cc3)c(C(=O)O)c2C)cc1. The second-order valence-electron chi connectivity index (χ2n) is 7.54. The number of nitrogens with zero attached hydrogens (tertiary/aromatic N) is 1. The van der Waals surface area contributed by atoms with Crippen LogP contribution in [-0.4, -0.2) is 22.2 Å². The Morgan fingerprint density at radius 1 is 1.03 bits per heavy atom. The van der Waals surface area contributed by atoms with Crippen molar-refractivity contribution in [3.05, 3.63) is 94.3 Å². The maximum atomic E-state index is 12.0. The van der Waals surface area contributed by atoms with E-state index in [1.54, 1.807) is 0 Å². The molecule has 0 amide bonds. The third-order valence-corrected chi connectivity index (χ3v) is 5.55. The molecule has 2 aromatic carbocycles. The van der Waals surface area contributed by atoms with Gasteiger partial charge >= 0.3 is 5.97 Å². The minimum absolute atomic E-state index is 0.388. The summed E-state index contributed by atoms with van der Waals surface area (Å²) in [4.78, 5) is 12.0. The lowest BCUT2D eigenvalue weighted by molar-refractivity contribution is 0.0694. The van der Waals surface area contributed by atoms with Gasteiger partial charge in [0.2, 0.25) is 0 Å². The Morgan fingerprint density at radius 2 is 1.68 bits per heavy atom. The van der Waals surface area contributed by atoms with Crippen LogP contribution in [0.2, 0.25) is 0 Å². The van der Waals surface area contributed by atoms with Crippen LogP contribution in [-0.2, 0) is 19.6 Å². The van der Waals surface area contributed by atoms with Gasteiger partial charge in [-0.1, -0.05) is 49.1 Å². The van der Waals surface area contributed by atoms with Crippen molar-refractivity contribution in [1.29, 1.82) is 0 Å². The minimum Gasteiger partial charge on any atom is -0.494 e. The molecule has 0 saturated heterocycles. The van der Waals surface area contributed by atoms with Gasteiger partial charge in [-0.15, -0.1) is 0 Å². The summed E-state index contributed by atoms with van der Waals surface area (Å²) in [6, 6.07) is 16.1. The first-order chi connectivity index (χ1) is 14.9. The van der Waals surface area contributed by atoms with E-state index >= 15 is 0 Å². The second kappa shape index (κ2) is 10.1. The minimum atomic E-state index is -0.890. The number of carboxylic acid groups (broad SMARTS) is 1. The van der Waals surface area contributed by atoms with Gasteiger partial charge < -0.3 is 19.7 Å². The van der Waals surface area contributed by atoms with E-state index in [1.165, 1.54) is 0 Å². The predicted octanol–water partition coefficient (Wildman–Crippen LogP) is 5.18. The second-order valence-corrected chi connectivity index (χ2v) is 7.54. The maximum Gasteiger partial charge on any atom is 0.337 e. The van der Waals surface area contributed by atoms with Crippen molar-refractivity contribution >= 4 is 12.0 Å². The van der Waals surface area contributed by atoms with Gasteiger partial charge in [-0.25, -0.2) is 4.79 Å². The summed E-state index contributed by atoms with van der Waals surface area (Å²) in [6.07, 6.45) is 1.81. The zero-order valence-electron chi connectivity index (χ0n) is 18.4. The summed E-state index contributed by atoms with van der Waals surface area (Å²) in [5, 5.41) is 13.2. The average molecular weight is 419 g/mol. The average Bonchev–Trinajstić information content (AvgIpc) is 3.00. The van der Waals surface area contributed by atoms with Gasteiger partial charge in [0.05, 0.1) is 12.2 Å². The van der Waals surface area contributed by atoms with E-state index in [1.807, 2.05) is 63.2 Å². The van der Waals surface area contributed by atoms with Crippen LogP contribution in [0, 0.1) is 13.8 Å². The molecule has 1 aromatic heterocycles. The molecule has 2 N–H and O–H groups in total. The largest absolute Gasteiger partial charge is 0.494 e. The van der Waals surface area contributed by atoms with Crippen LogP contribution >= 0.6 is 0 Å². The van der Waals surface area contributed by atoms with Gasteiger partial charge in [0, 0.05) is 36.6 Å². The van der Waals surface area contributed by atoms with Crippen molar-refractivity contribution in [3.63, 3.8) is 0 Å². The summed E-state index contributed by atoms with van der Waals surface area (Å²) in [5.41, 5.74) is 6.28. The number of nitrogens with one attached hydrogen (secondary N) is 1. The Morgan fingerprint density at radius 3 is 2.26 bits per heavy atom. The van der Waals surface area contributed by atoms with Crippen LogP contribution in [0.1, 0.15) is 50.9 Å². The summed E-state index contributed by atoms with van der Waals surface area (Å²) < 4.78 is 7.56. The van der Waals surface area contributed by atoms with Crippen LogP contribution in [0.5, 0.6) is 5.75 Å². The molecule has 0 aliphatic carbocycles. The zero-order valence-corrected chi connectivity index (χ0v) is 18.4. The third kappa shape index (κ3) is 5.25. The molecule has 31 heavy (non-hydrogen) atoms. The van der Waals surface area contributed by atoms with Crippen molar-refractivity contribution in [3.8, 4) is 5.75 Å². The molecule has 162 valence electrons. The number of carboxylic acids is 1. The molecule has 1 heterocycles. The van der Waals surface area contributed by atoms with Crippen molar-refractivity contribution in [2.24, 2.45) is 0 Å². The normalized spacial score (nSPS) is 10.8. The number of hydrogen-bond acceptors (Lipinski definition) is 3. The fourth-order valence-electron chi connectivity index (χ4n) is 3.83. The lowest BCUT2D eigenvalue weighted by Crippen LogP contribution is -2.15. The Hall–Kier alpha value is -3.31. The molecule has 0 radical (unpaired) electrons.